The lowest BCUT2D eigenvalue weighted by atomic mass is 10.1. The molecule has 1 atom stereocenters. The van der Waals surface area contributed by atoms with Gasteiger partial charge in [-0.25, -0.2) is 0 Å². The van der Waals surface area contributed by atoms with E-state index in [0.717, 1.165) is 12.8 Å². The molecule has 5 heteroatoms. The van der Waals surface area contributed by atoms with E-state index in [1.807, 2.05) is 0 Å². The fourth-order valence-corrected chi connectivity index (χ4v) is 1.48. The third-order valence-electron chi connectivity index (χ3n) is 2.93. The molecule has 0 aromatic carbocycles. The van der Waals surface area contributed by atoms with Crippen LogP contribution in [0.1, 0.15) is 19.3 Å². The molecule has 0 bridgehead atoms. The van der Waals surface area contributed by atoms with Crippen LogP contribution >= 0.6 is 0 Å². The maximum absolute atomic E-state index is 11.7. The summed E-state index contributed by atoms with van der Waals surface area (Å²) in [5.41, 5.74) is 5.87. The van der Waals surface area contributed by atoms with Crippen LogP contribution in [0.3, 0.4) is 0 Å². The summed E-state index contributed by atoms with van der Waals surface area (Å²) in [6.07, 6.45) is 2.62. The van der Waals surface area contributed by atoms with E-state index in [0.29, 0.717) is 12.3 Å². The summed E-state index contributed by atoms with van der Waals surface area (Å²) < 4.78 is 0. The third kappa shape index (κ3) is 3.81. The Balaban J connectivity index is 2.32. The van der Waals surface area contributed by atoms with E-state index in [1.54, 1.807) is 21.1 Å². The second kappa shape index (κ2) is 5.30. The third-order valence-corrected chi connectivity index (χ3v) is 2.93. The van der Waals surface area contributed by atoms with Crippen LogP contribution in [0.2, 0.25) is 0 Å². The van der Waals surface area contributed by atoms with Gasteiger partial charge in [-0.2, -0.15) is 0 Å². The first-order chi connectivity index (χ1) is 7.41. The Labute approximate surface area is 96.6 Å². The zero-order valence-corrected chi connectivity index (χ0v) is 10.3. The zero-order chi connectivity index (χ0) is 12.3. The smallest absolute Gasteiger partial charge is 0.241 e. The molecule has 1 aliphatic rings. The predicted octanol–water partition coefficient (Wildman–Crippen LogP) is -0.340. The quantitative estimate of drug-likeness (QED) is 0.699. The molecule has 5 nitrogen and oxygen atoms in total. The number of likely N-dealkylation sites (N-methyl/N-ethyl adjacent to an activating group) is 2. The van der Waals surface area contributed by atoms with Gasteiger partial charge in [0.25, 0.3) is 0 Å². The van der Waals surface area contributed by atoms with Crippen LogP contribution in [0.25, 0.3) is 0 Å². The summed E-state index contributed by atoms with van der Waals surface area (Å²) in [5, 5.41) is 0. The lowest BCUT2D eigenvalue weighted by Gasteiger charge is -2.20. The zero-order valence-electron chi connectivity index (χ0n) is 10.3. The van der Waals surface area contributed by atoms with Gasteiger partial charge in [-0.1, -0.05) is 0 Å². The van der Waals surface area contributed by atoms with Gasteiger partial charge in [0.1, 0.15) is 0 Å². The molecular formula is C11H21N3O2. The largest absolute Gasteiger partial charge is 0.347 e. The summed E-state index contributed by atoms with van der Waals surface area (Å²) >= 11 is 0. The first-order valence-electron chi connectivity index (χ1n) is 5.61. The minimum Gasteiger partial charge on any atom is -0.347 e. The number of hydrogen-bond acceptors (Lipinski definition) is 3. The molecule has 1 unspecified atom stereocenters. The van der Waals surface area contributed by atoms with Gasteiger partial charge in [0.15, 0.2) is 0 Å². The van der Waals surface area contributed by atoms with Crippen LogP contribution in [0, 0.1) is 5.92 Å². The molecule has 1 saturated carbocycles. The van der Waals surface area contributed by atoms with E-state index in [2.05, 4.69) is 0 Å². The highest BCUT2D eigenvalue weighted by Gasteiger charge is 2.30. The molecule has 0 aromatic rings. The first-order valence-corrected chi connectivity index (χ1v) is 5.61. The summed E-state index contributed by atoms with van der Waals surface area (Å²) in [5.74, 6) is 0.396. The number of carbonyl (C=O) groups excluding carboxylic acids is 2. The van der Waals surface area contributed by atoms with Crippen molar-refractivity contribution in [3.63, 3.8) is 0 Å². The van der Waals surface area contributed by atoms with Crippen LogP contribution in [0.5, 0.6) is 0 Å². The second-order valence-corrected chi connectivity index (χ2v) is 4.74. The molecule has 0 saturated heterocycles. The van der Waals surface area contributed by atoms with E-state index >= 15 is 0 Å². The highest BCUT2D eigenvalue weighted by atomic mass is 16.2. The molecule has 0 aromatic heterocycles. The molecule has 16 heavy (non-hydrogen) atoms. The molecule has 1 rings (SSSR count). The van der Waals surface area contributed by atoms with Crippen LogP contribution in [0.15, 0.2) is 0 Å². The lowest BCUT2D eigenvalue weighted by molar-refractivity contribution is -0.138. The topological polar surface area (TPSA) is 66.6 Å². The monoisotopic (exact) mass is 227 g/mol. The Morgan fingerprint density at radius 2 is 1.81 bits per heavy atom. The van der Waals surface area contributed by atoms with E-state index in [1.165, 1.54) is 9.80 Å². The fraction of sp³-hybridized carbons (Fsp3) is 0.818. The summed E-state index contributed by atoms with van der Waals surface area (Å²) in [7, 11) is 5.00. The Morgan fingerprint density at radius 3 is 2.25 bits per heavy atom. The van der Waals surface area contributed by atoms with Crippen LogP contribution < -0.4 is 5.73 Å². The molecular weight excluding hydrogens is 206 g/mol. The molecule has 2 amide bonds. The number of carbonyl (C=O) groups is 2. The molecule has 0 aliphatic heterocycles. The Morgan fingerprint density at radius 1 is 1.25 bits per heavy atom. The molecule has 92 valence electrons. The van der Waals surface area contributed by atoms with Gasteiger partial charge in [-0.05, 0) is 18.8 Å². The van der Waals surface area contributed by atoms with E-state index in [9.17, 15) is 9.59 Å². The molecule has 2 N–H and O–H groups in total. The minimum absolute atomic E-state index is 0.0376. The van der Waals surface area contributed by atoms with Crippen molar-refractivity contribution in [3.8, 4) is 0 Å². The Bertz CT molecular complexity index is 274. The highest BCUT2D eigenvalue weighted by Crippen LogP contribution is 2.32. The van der Waals surface area contributed by atoms with Crippen molar-refractivity contribution in [2.45, 2.75) is 25.3 Å². The second-order valence-electron chi connectivity index (χ2n) is 4.74. The molecule has 1 aliphatic carbocycles. The summed E-state index contributed by atoms with van der Waals surface area (Å²) in [4.78, 5) is 26.0. The van der Waals surface area contributed by atoms with Gasteiger partial charge in [-0.15, -0.1) is 0 Å². The van der Waals surface area contributed by atoms with Crippen molar-refractivity contribution in [3.05, 3.63) is 0 Å². The SMILES string of the molecule is CN(C)C(=O)CN(C)C(=O)CC(N)C1CC1. The molecule has 0 heterocycles. The number of hydrogen-bond donors (Lipinski definition) is 1. The van der Waals surface area contributed by atoms with Crippen molar-refractivity contribution in [2.24, 2.45) is 11.7 Å². The van der Waals surface area contributed by atoms with E-state index < -0.39 is 0 Å². The van der Waals surface area contributed by atoms with E-state index in [-0.39, 0.29) is 24.4 Å². The standard InChI is InChI=1S/C11H21N3O2/c1-13(2)11(16)7-14(3)10(15)6-9(12)8-4-5-8/h8-9H,4-7,12H2,1-3H3. The summed E-state index contributed by atoms with van der Waals surface area (Å²) in [6.45, 7) is 0.128. The predicted molar refractivity (Wildman–Crippen MR) is 61.6 cm³/mol. The van der Waals surface area contributed by atoms with Crippen LogP contribution in [-0.2, 0) is 9.59 Å². The van der Waals surface area contributed by atoms with Crippen molar-refractivity contribution in [1.29, 1.82) is 0 Å². The minimum atomic E-state index is -0.0733. The van der Waals surface area contributed by atoms with Gasteiger partial charge >= 0.3 is 0 Å². The molecule has 0 spiro atoms. The maximum Gasteiger partial charge on any atom is 0.241 e. The average Bonchev–Trinajstić information content (AvgIpc) is 3.00. The van der Waals surface area contributed by atoms with Gasteiger partial charge < -0.3 is 15.5 Å². The van der Waals surface area contributed by atoms with Gasteiger partial charge in [0, 0.05) is 33.6 Å². The van der Waals surface area contributed by atoms with Crippen molar-refractivity contribution >= 4 is 11.8 Å². The van der Waals surface area contributed by atoms with Crippen LogP contribution in [0.4, 0.5) is 0 Å². The first kappa shape index (κ1) is 13.0. The lowest BCUT2D eigenvalue weighted by Crippen LogP contribution is -2.40. The summed E-state index contributed by atoms with van der Waals surface area (Å²) in [6, 6.07) is -0.0376. The van der Waals surface area contributed by atoms with Gasteiger partial charge in [0.05, 0.1) is 6.54 Å². The van der Waals surface area contributed by atoms with Gasteiger partial charge in [0.2, 0.25) is 11.8 Å². The average molecular weight is 227 g/mol. The van der Waals surface area contributed by atoms with Crippen molar-refractivity contribution in [2.75, 3.05) is 27.7 Å². The Kier molecular flexibility index (Phi) is 4.29. The normalized spacial score (nSPS) is 16.8. The highest BCUT2D eigenvalue weighted by molar-refractivity contribution is 5.84. The van der Waals surface area contributed by atoms with Crippen molar-refractivity contribution < 1.29 is 9.59 Å². The van der Waals surface area contributed by atoms with Gasteiger partial charge in [-0.3, -0.25) is 9.59 Å². The number of nitrogens with zero attached hydrogens (tertiary/aromatic N) is 2. The van der Waals surface area contributed by atoms with E-state index in [4.69, 9.17) is 5.73 Å². The number of rotatable bonds is 5. The maximum atomic E-state index is 11.7. The fourth-order valence-electron chi connectivity index (χ4n) is 1.48. The molecule has 1 fully saturated rings. The number of amides is 2. The molecule has 0 radical (unpaired) electrons. The van der Waals surface area contributed by atoms with Crippen LogP contribution in [-0.4, -0.2) is 55.3 Å². The number of nitrogens with two attached hydrogens (primary N) is 1. The van der Waals surface area contributed by atoms with Crippen molar-refractivity contribution in [1.82, 2.24) is 9.80 Å². The Hall–Kier alpha value is -1.10.